The highest BCUT2D eigenvalue weighted by molar-refractivity contribution is 7.99. The lowest BCUT2D eigenvalue weighted by Crippen LogP contribution is -2.14. The lowest BCUT2D eigenvalue weighted by Gasteiger charge is -2.07. The van der Waals surface area contributed by atoms with Gasteiger partial charge in [-0.15, -0.1) is 21.5 Å². The van der Waals surface area contributed by atoms with Gasteiger partial charge in [-0.2, -0.15) is 0 Å². The number of hydrogen-bond acceptors (Lipinski definition) is 7. The van der Waals surface area contributed by atoms with Crippen molar-refractivity contribution in [3.05, 3.63) is 65.9 Å². The van der Waals surface area contributed by atoms with Gasteiger partial charge in [-0.3, -0.25) is 9.36 Å². The Morgan fingerprint density at radius 2 is 2.03 bits per heavy atom. The minimum absolute atomic E-state index is 0.152. The van der Waals surface area contributed by atoms with Crippen LogP contribution >= 0.6 is 23.1 Å². The number of benzene rings is 2. The Hall–Kier alpha value is -3.63. The largest absolute Gasteiger partial charge is 0.497 e. The second kappa shape index (κ2) is 9.08. The van der Waals surface area contributed by atoms with Gasteiger partial charge in [0, 0.05) is 33.2 Å². The summed E-state index contributed by atoms with van der Waals surface area (Å²) in [4.78, 5) is 20.6. The first kappa shape index (κ1) is 21.2. The Kier molecular flexibility index (Phi) is 5.84. The van der Waals surface area contributed by atoms with E-state index in [1.54, 1.807) is 13.4 Å². The number of carbonyl (C=O) groups is 1. The van der Waals surface area contributed by atoms with E-state index in [1.165, 1.54) is 23.1 Å². The molecule has 166 valence electrons. The molecule has 0 radical (unpaired) electrons. The number of para-hydroxylation sites is 1. The third kappa shape index (κ3) is 4.35. The molecule has 33 heavy (non-hydrogen) atoms. The van der Waals surface area contributed by atoms with Crippen molar-refractivity contribution in [2.75, 3.05) is 18.2 Å². The van der Waals surface area contributed by atoms with Crippen molar-refractivity contribution >= 4 is 45.0 Å². The molecule has 0 aliphatic carbocycles. The van der Waals surface area contributed by atoms with Crippen molar-refractivity contribution in [1.82, 2.24) is 24.7 Å². The molecular weight excluding hydrogens is 456 g/mol. The van der Waals surface area contributed by atoms with E-state index in [0.29, 0.717) is 10.3 Å². The SMILES string of the molecule is COc1ccc(-n2cnnc2SCC(=O)Nc2nc(-c3c(C)[nH]c4ccccc34)cs2)cc1. The molecule has 0 aliphatic rings. The van der Waals surface area contributed by atoms with Gasteiger partial charge >= 0.3 is 0 Å². The molecule has 0 unspecified atom stereocenters. The minimum Gasteiger partial charge on any atom is -0.497 e. The summed E-state index contributed by atoms with van der Waals surface area (Å²) in [6.45, 7) is 2.03. The van der Waals surface area contributed by atoms with Gasteiger partial charge < -0.3 is 15.0 Å². The Balaban J connectivity index is 1.25. The number of hydrogen-bond donors (Lipinski definition) is 2. The van der Waals surface area contributed by atoms with Crippen LogP contribution in [-0.2, 0) is 4.79 Å². The number of ether oxygens (including phenoxy) is 1. The number of methoxy groups -OCH3 is 1. The first-order chi connectivity index (χ1) is 16.1. The number of thioether (sulfide) groups is 1. The third-order valence-corrected chi connectivity index (χ3v) is 6.80. The summed E-state index contributed by atoms with van der Waals surface area (Å²) in [6, 6.07) is 15.7. The van der Waals surface area contributed by atoms with Gasteiger partial charge in [-0.1, -0.05) is 30.0 Å². The highest BCUT2D eigenvalue weighted by Crippen LogP contribution is 2.34. The fourth-order valence-electron chi connectivity index (χ4n) is 3.58. The molecule has 0 fully saturated rings. The number of aromatic nitrogens is 5. The van der Waals surface area contributed by atoms with E-state index in [1.807, 2.05) is 59.3 Å². The topological polar surface area (TPSA) is 97.7 Å². The molecule has 5 rings (SSSR count). The molecule has 10 heteroatoms. The van der Waals surface area contributed by atoms with Gasteiger partial charge in [0.15, 0.2) is 10.3 Å². The number of aromatic amines is 1. The van der Waals surface area contributed by atoms with E-state index < -0.39 is 0 Å². The van der Waals surface area contributed by atoms with Crippen molar-refractivity contribution in [1.29, 1.82) is 0 Å². The average molecular weight is 477 g/mol. The fraction of sp³-hybridized carbons (Fsp3) is 0.130. The number of nitrogens with one attached hydrogen (secondary N) is 2. The number of rotatable bonds is 7. The quantitative estimate of drug-likeness (QED) is 0.324. The first-order valence-corrected chi connectivity index (χ1v) is 12.0. The summed E-state index contributed by atoms with van der Waals surface area (Å²) < 4.78 is 7.03. The summed E-state index contributed by atoms with van der Waals surface area (Å²) in [5.41, 5.74) is 4.91. The zero-order valence-corrected chi connectivity index (χ0v) is 19.5. The Labute approximate surface area is 198 Å². The maximum Gasteiger partial charge on any atom is 0.236 e. The predicted molar refractivity (Wildman–Crippen MR) is 131 cm³/mol. The van der Waals surface area contributed by atoms with Crippen molar-refractivity contribution in [2.45, 2.75) is 12.1 Å². The molecular formula is C23H20N6O2S2. The number of amides is 1. The number of anilines is 1. The van der Waals surface area contributed by atoms with Crippen LogP contribution in [0.5, 0.6) is 5.75 Å². The number of thiazole rings is 1. The third-order valence-electron chi connectivity index (χ3n) is 5.10. The summed E-state index contributed by atoms with van der Waals surface area (Å²) in [6.07, 6.45) is 1.62. The summed E-state index contributed by atoms with van der Waals surface area (Å²) in [5, 5.41) is 15.3. The number of fused-ring (bicyclic) bond motifs is 1. The van der Waals surface area contributed by atoms with E-state index >= 15 is 0 Å². The maximum absolute atomic E-state index is 12.6. The van der Waals surface area contributed by atoms with Crippen LogP contribution in [-0.4, -0.2) is 43.5 Å². The van der Waals surface area contributed by atoms with Crippen LogP contribution in [0, 0.1) is 6.92 Å². The minimum atomic E-state index is -0.152. The van der Waals surface area contributed by atoms with Crippen LogP contribution in [0.3, 0.4) is 0 Å². The fourth-order valence-corrected chi connectivity index (χ4v) is 5.03. The van der Waals surface area contributed by atoms with Crippen LogP contribution in [0.15, 0.2) is 65.4 Å². The lowest BCUT2D eigenvalue weighted by molar-refractivity contribution is -0.113. The summed E-state index contributed by atoms with van der Waals surface area (Å²) >= 11 is 2.72. The van der Waals surface area contributed by atoms with E-state index in [-0.39, 0.29) is 11.7 Å². The molecule has 0 bridgehead atoms. The number of carbonyl (C=O) groups excluding carboxylic acids is 1. The molecule has 0 saturated heterocycles. The van der Waals surface area contributed by atoms with Crippen LogP contribution in [0.2, 0.25) is 0 Å². The van der Waals surface area contributed by atoms with E-state index in [0.717, 1.165) is 39.3 Å². The van der Waals surface area contributed by atoms with Crippen LogP contribution in [0.1, 0.15) is 5.69 Å². The van der Waals surface area contributed by atoms with Gasteiger partial charge in [0.2, 0.25) is 5.91 Å². The molecule has 0 saturated carbocycles. The average Bonchev–Trinajstić information content (AvgIpc) is 3.55. The molecule has 2 aromatic carbocycles. The normalized spacial score (nSPS) is 11.1. The van der Waals surface area contributed by atoms with Gasteiger partial charge in [-0.05, 0) is 37.3 Å². The zero-order valence-electron chi connectivity index (χ0n) is 17.9. The van der Waals surface area contributed by atoms with Crippen LogP contribution < -0.4 is 10.1 Å². The molecule has 5 aromatic rings. The summed E-state index contributed by atoms with van der Waals surface area (Å²) in [7, 11) is 1.63. The van der Waals surface area contributed by atoms with Gasteiger partial charge in [0.05, 0.1) is 18.6 Å². The van der Waals surface area contributed by atoms with E-state index in [2.05, 4.69) is 31.5 Å². The van der Waals surface area contributed by atoms with Crippen molar-refractivity contribution in [3.8, 4) is 22.7 Å². The molecule has 0 atom stereocenters. The Morgan fingerprint density at radius 1 is 1.21 bits per heavy atom. The molecule has 0 spiro atoms. The van der Waals surface area contributed by atoms with Crippen LogP contribution in [0.25, 0.3) is 27.8 Å². The standard InChI is InChI=1S/C23H20N6O2S2/c1-14-21(17-5-3-4-6-18(17)25-14)19-11-32-22(26-19)27-20(30)12-33-23-28-24-13-29(23)15-7-9-16(31-2)10-8-15/h3-11,13,25H,12H2,1-2H3,(H,26,27,30). The van der Waals surface area contributed by atoms with Crippen molar-refractivity contribution in [2.24, 2.45) is 0 Å². The first-order valence-electron chi connectivity index (χ1n) is 10.1. The zero-order chi connectivity index (χ0) is 22.8. The molecule has 2 N–H and O–H groups in total. The van der Waals surface area contributed by atoms with Crippen molar-refractivity contribution < 1.29 is 9.53 Å². The predicted octanol–water partition coefficient (Wildman–Crippen LogP) is 4.92. The van der Waals surface area contributed by atoms with Crippen molar-refractivity contribution in [3.63, 3.8) is 0 Å². The summed E-state index contributed by atoms with van der Waals surface area (Å²) in [5.74, 6) is 0.808. The molecule has 8 nitrogen and oxygen atoms in total. The highest BCUT2D eigenvalue weighted by Gasteiger charge is 2.15. The van der Waals surface area contributed by atoms with E-state index in [4.69, 9.17) is 4.74 Å². The van der Waals surface area contributed by atoms with E-state index in [9.17, 15) is 4.79 Å². The monoisotopic (exact) mass is 476 g/mol. The molecule has 3 aromatic heterocycles. The molecule has 3 heterocycles. The van der Waals surface area contributed by atoms with Gasteiger partial charge in [-0.25, -0.2) is 4.98 Å². The molecule has 1 amide bonds. The lowest BCUT2D eigenvalue weighted by atomic mass is 10.1. The maximum atomic E-state index is 12.6. The number of nitrogens with zero attached hydrogens (tertiary/aromatic N) is 4. The molecule has 0 aliphatic heterocycles. The van der Waals surface area contributed by atoms with Gasteiger partial charge in [0.1, 0.15) is 12.1 Å². The smallest absolute Gasteiger partial charge is 0.236 e. The second-order valence-electron chi connectivity index (χ2n) is 7.23. The van der Waals surface area contributed by atoms with Crippen LogP contribution in [0.4, 0.5) is 5.13 Å². The second-order valence-corrected chi connectivity index (χ2v) is 9.03. The van der Waals surface area contributed by atoms with Gasteiger partial charge in [0.25, 0.3) is 0 Å². The Bertz CT molecular complexity index is 1420. The number of H-pyrrole nitrogens is 1. The number of aryl methyl sites for hydroxylation is 1. The Morgan fingerprint density at radius 3 is 2.85 bits per heavy atom. The highest BCUT2D eigenvalue weighted by atomic mass is 32.2.